The Morgan fingerprint density at radius 2 is 2.30 bits per heavy atom. The summed E-state index contributed by atoms with van der Waals surface area (Å²) in [6, 6.07) is 0.163. The Morgan fingerprint density at radius 3 is 2.50 bits per heavy atom. The summed E-state index contributed by atoms with van der Waals surface area (Å²) in [6.45, 7) is 4.09. The van der Waals surface area contributed by atoms with Crippen LogP contribution < -0.4 is 5.73 Å². The Balaban J connectivity index is 3.05. The third kappa shape index (κ3) is 1.41. The lowest BCUT2D eigenvalue weighted by Crippen LogP contribution is -2.03. The molecule has 0 aliphatic heterocycles. The van der Waals surface area contributed by atoms with Crippen LogP contribution in [0, 0.1) is 6.92 Å². The van der Waals surface area contributed by atoms with Crippen molar-refractivity contribution in [3.05, 3.63) is 20.3 Å². The van der Waals surface area contributed by atoms with Gasteiger partial charge in [-0.3, -0.25) is 0 Å². The minimum absolute atomic E-state index is 0.163. The van der Waals surface area contributed by atoms with Crippen molar-refractivity contribution < 1.29 is 0 Å². The van der Waals surface area contributed by atoms with Crippen LogP contribution >= 0.6 is 27.3 Å². The maximum atomic E-state index is 5.72. The van der Waals surface area contributed by atoms with Gasteiger partial charge in [0.2, 0.25) is 0 Å². The van der Waals surface area contributed by atoms with Crippen LogP contribution in [0.4, 0.5) is 0 Å². The monoisotopic (exact) mass is 219 g/mol. The SMILES string of the molecule is Cc1c(Br)csc1[C@@H](C)N. The average Bonchev–Trinajstić information content (AvgIpc) is 2.14. The van der Waals surface area contributed by atoms with E-state index < -0.39 is 0 Å². The van der Waals surface area contributed by atoms with Crippen molar-refractivity contribution >= 4 is 27.3 Å². The fraction of sp³-hybridized carbons (Fsp3) is 0.429. The molecule has 0 spiro atoms. The number of hydrogen-bond donors (Lipinski definition) is 1. The molecule has 0 amide bonds. The van der Waals surface area contributed by atoms with Gasteiger partial charge >= 0.3 is 0 Å². The fourth-order valence-corrected chi connectivity index (χ4v) is 2.39. The van der Waals surface area contributed by atoms with E-state index in [2.05, 4.69) is 28.2 Å². The van der Waals surface area contributed by atoms with Crippen molar-refractivity contribution in [1.29, 1.82) is 0 Å². The first-order chi connectivity index (χ1) is 4.63. The molecule has 1 nitrogen and oxygen atoms in total. The summed E-state index contributed by atoms with van der Waals surface area (Å²) in [5, 5.41) is 2.08. The number of thiophene rings is 1. The van der Waals surface area contributed by atoms with Gasteiger partial charge in [0.25, 0.3) is 0 Å². The number of rotatable bonds is 1. The van der Waals surface area contributed by atoms with Crippen molar-refractivity contribution in [3.8, 4) is 0 Å². The Labute approximate surface area is 73.4 Å². The van der Waals surface area contributed by atoms with E-state index in [-0.39, 0.29) is 6.04 Å². The maximum Gasteiger partial charge on any atom is 0.0364 e. The smallest absolute Gasteiger partial charge is 0.0364 e. The summed E-state index contributed by atoms with van der Waals surface area (Å²) in [5.74, 6) is 0. The van der Waals surface area contributed by atoms with Crippen LogP contribution in [-0.4, -0.2) is 0 Å². The largest absolute Gasteiger partial charge is 0.323 e. The lowest BCUT2D eigenvalue weighted by Gasteiger charge is -2.01. The second-order valence-electron chi connectivity index (χ2n) is 2.36. The molecule has 2 N–H and O–H groups in total. The predicted octanol–water partition coefficient (Wildman–Crippen LogP) is 2.84. The van der Waals surface area contributed by atoms with E-state index in [0.717, 1.165) is 0 Å². The Bertz CT molecular complexity index is 230. The van der Waals surface area contributed by atoms with Crippen molar-refractivity contribution in [2.45, 2.75) is 19.9 Å². The zero-order valence-electron chi connectivity index (χ0n) is 6.02. The lowest BCUT2D eigenvalue weighted by molar-refractivity contribution is 0.830. The topological polar surface area (TPSA) is 26.0 Å². The molecule has 3 heteroatoms. The highest BCUT2D eigenvalue weighted by molar-refractivity contribution is 9.10. The molecule has 0 unspecified atom stereocenters. The molecule has 1 aromatic heterocycles. The van der Waals surface area contributed by atoms with Gasteiger partial charge in [-0.15, -0.1) is 11.3 Å². The lowest BCUT2D eigenvalue weighted by atomic mass is 10.2. The fourth-order valence-electron chi connectivity index (χ4n) is 0.859. The van der Waals surface area contributed by atoms with E-state index in [0.29, 0.717) is 0 Å². The van der Waals surface area contributed by atoms with Crippen LogP contribution in [0.2, 0.25) is 0 Å². The normalized spacial score (nSPS) is 13.6. The molecular weight excluding hydrogens is 210 g/mol. The van der Waals surface area contributed by atoms with E-state index in [1.807, 2.05) is 6.92 Å². The molecular formula is C7H10BrNS. The molecule has 0 aromatic carbocycles. The van der Waals surface area contributed by atoms with Gasteiger partial charge < -0.3 is 5.73 Å². The molecule has 56 valence electrons. The van der Waals surface area contributed by atoms with Crippen molar-refractivity contribution in [2.24, 2.45) is 5.73 Å². The first-order valence-corrected chi connectivity index (χ1v) is 4.79. The van der Waals surface area contributed by atoms with Gasteiger partial charge in [-0.05, 0) is 35.3 Å². The number of halogens is 1. The third-order valence-corrected chi connectivity index (χ3v) is 3.84. The van der Waals surface area contributed by atoms with Gasteiger partial charge in [0.1, 0.15) is 0 Å². The summed E-state index contributed by atoms with van der Waals surface area (Å²) < 4.78 is 1.17. The summed E-state index contributed by atoms with van der Waals surface area (Å²) in [7, 11) is 0. The summed E-state index contributed by atoms with van der Waals surface area (Å²) in [6.07, 6.45) is 0. The van der Waals surface area contributed by atoms with Crippen LogP contribution in [0.5, 0.6) is 0 Å². The minimum atomic E-state index is 0.163. The number of hydrogen-bond acceptors (Lipinski definition) is 2. The molecule has 0 radical (unpaired) electrons. The van der Waals surface area contributed by atoms with Crippen molar-refractivity contribution in [2.75, 3.05) is 0 Å². The molecule has 0 bridgehead atoms. The Morgan fingerprint density at radius 1 is 1.70 bits per heavy atom. The van der Waals surface area contributed by atoms with Gasteiger partial charge in [0, 0.05) is 20.8 Å². The van der Waals surface area contributed by atoms with E-state index in [1.165, 1.54) is 14.9 Å². The minimum Gasteiger partial charge on any atom is -0.323 e. The van der Waals surface area contributed by atoms with Crippen LogP contribution in [0.25, 0.3) is 0 Å². The number of nitrogens with two attached hydrogens (primary N) is 1. The average molecular weight is 220 g/mol. The Kier molecular flexibility index (Phi) is 2.50. The van der Waals surface area contributed by atoms with E-state index in [4.69, 9.17) is 5.73 Å². The van der Waals surface area contributed by atoms with Crippen LogP contribution in [0.15, 0.2) is 9.85 Å². The van der Waals surface area contributed by atoms with Gasteiger partial charge in [-0.1, -0.05) is 0 Å². The van der Waals surface area contributed by atoms with E-state index in [1.54, 1.807) is 11.3 Å². The first kappa shape index (κ1) is 8.24. The molecule has 0 aliphatic carbocycles. The molecule has 1 atom stereocenters. The highest BCUT2D eigenvalue weighted by atomic mass is 79.9. The summed E-state index contributed by atoms with van der Waals surface area (Å²) in [5.41, 5.74) is 7.00. The second-order valence-corrected chi connectivity index (χ2v) is 4.13. The predicted molar refractivity (Wildman–Crippen MR) is 49.4 cm³/mol. The molecule has 1 heterocycles. The summed E-state index contributed by atoms with van der Waals surface area (Å²) in [4.78, 5) is 1.27. The molecule has 0 saturated carbocycles. The van der Waals surface area contributed by atoms with E-state index in [9.17, 15) is 0 Å². The van der Waals surface area contributed by atoms with Gasteiger partial charge in [0.05, 0.1) is 0 Å². The van der Waals surface area contributed by atoms with Crippen LogP contribution in [-0.2, 0) is 0 Å². The first-order valence-electron chi connectivity index (χ1n) is 3.12. The highest BCUT2D eigenvalue weighted by Gasteiger charge is 2.07. The molecule has 0 saturated heterocycles. The van der Waals surface area contributed by atoms with Crippen molar-refractivity contribution in [3.63, 3.8) is 0 Å². The quantitative estimate of drug-likeness (QED) is 0.773. The zero-order valence-corrected chi connectivity index (χ0v) is 8.42. The van der Waals surface area contributed by atoms with Gasteiger partial charge in [-0.2, -0.15) is 0 Å². The highest BCUT2D eigenvalue weighted by Crippen LogP contribution is 2.29. The van der Waals surface area contributed by atoms with E-state index >= 15 is 0 Å². The van der Waals surface area contributed by atoms with Gasteiger partial charge in [-0.25, -0.2) is 0 Å². The zero-order chi connectivity index (χ0) is 7.72. The molecule has 1 aromatic rings. The standard InChI is InChI=1S/C7H10BrNS/c1-4-6(8)3-10-7(4)5(2)9/h3,5H,9H2,1-2H3/t5-/m1/s1. The summed E-state index contributed by atoms with van der Waals surface area (Å²) >= 11 is 5.15. The van der Waals surface area contributed by atoms with Crippen molar-refractivity contribution in [1.82, 2.24) is 0 Å². The molecule has 0 fully saturated rings. The molecule has 1 rings (SSSR count). The maximum absolute atomic E-state index is 5.72. The second kappa shape index (κ2) is 3.03. The molecule has 10 heavy (non-hydrogen) atoms. The van der Waals surface area contributed by atoms with Gasteiger partial charge in [0.15, 0.2) is 0 Å². The van der Waals surface area contributed by atoms with Crippen LogP contribution in [0.3, 0.4) is 0 Å². The Hall–Kier alpha value is 0.140. The molecule has 0 aliphatic rings. The van der Waals surface area contributed by atoms with Crippen LogP contribution in [0.1, 0.15) is 23.4 Å². The third-order valence-electron chi connectivity index (χ3n) is 1.43.